The van der Waals surface area contributed by atoms with Crippen molar-refractivity contribution in [2.75, 3.05) is 25.1 Å². The number of sulfonamides is 2. The molecule has 0 aliphatic rings. The molecule has 0 aromatic heterocycles. The lowest BCUT2D eigenvalue weighted by atomic mass is 10.1. The van der Waals surface area contributed by atoms with Crippen LogP contribution in [0.25, 0.3) is 0 Å². The number of hydrogen-bond acceptors (Lipinski definition) is 5. The predicted molar refractivity (Wildman–Crippen MR) is 83.0 cm³/mol. The van der Waals surface area contributed by atoms with Gasteiger partial charge >= 0.3 is 0 Å². The highest BCUT2D eigenvalue weighted by Crippen LogP contribution is 2.21. The third kappa shape index (κ3) is 5.62. The summed E-state index contributed by atoms with van der Waals surface area (Å²) in [4.78, 5) is 0.110. The summed E-state index contributed by atoms with van der Waals surface area (Å²) in [6.07, 6.45) is 1.40. The van der Waals surface area contributed by atoms with E-state index in [0.29, 0.717) is 12.1 Å². The van der Waals surface area contributed by atoms with Crippen molar-refractivity contribution in [3.8, 4) is 0 Å². The predicted octanol–water partition coefficient (Wildman–Crippen LogP) is 0.103. The standard InChI is InChI=1S/C12H21N3O4S2/c1-9-7-11(8-12(13)10(9)2)21(18,19)15-6-4-5-14-20(3,16)17/h7-8,14-15H,4-6,13H2,1-3H3. The molecular formula is C12H21N3O4S2. The molecule has 1 rings (SSSR count). The van der Waals surface area contributed by atoms with Gasteiger partial charge in [-0.25, -0.2) is 26.3 Å². The van der Waals surface area contributed by atoms with E-state index in [9.17, 15) is 16.8 Å². The van der Waals surface area contributed by atoms with Crippen molar-refractivity contribution in [3.05, 3.63) is 23.3 Å². The molecule has 9 heteroatoms. The number of nitrogens with two attached hydrogens (primary N) is 1. The van der Waals surface area contributed by atoms with Crippen molar-refractivity contribution in [1.29, 1.82) is 0 Å². The third-order valence-electron chi connectivity index (χ3n) is 3.00. The molecular weight excluding hydrogens is 314 g/mol. The van der Waals surface area contributed by atoms with E-state index in [2.05, 4.69) is 9.44 Å². The first-order valence-electron chi connectivity index (χ1n) is 6.34. The van der Waals surface area contributed by atoms with Gasteiger partial charge in [0.2, 0.25) is 20.0 Å². The second-order valence-corrected chi connectivity index (χ2v) is 8.47. The van der Waals surface area contributed by atoms with Crippen LogP contribution in [0, 0.1) is 13.8 Å². The maximum Gasteiger partial charge on any atom is 0.240 e. The van der Waals surface area contributed by atoms with Crippen LogP contribution in [0.3, 0.4) is 0 Å². The van der Waals surface area contributed by atoms with Crippen LogP contribution in [0.15, 0.2) is 17.0 Å². The molecule has 0 saturated heterocycles. The number of aryl methyl sites for hydroxylation is 1. The summed E-state index contributed by atoms with van der Waals surface area (Å²) in [6.45, 7) is 3.93. The fraction of sp³-hybridized carbons (Fsp3) is 0.500. The Hall–Kier alpha value is -1.16. The zero-order valence-corrected chi connectivity index (χ0v) is 13.9. The highest BCUT2D eigenvalue weighted by Gasteiger charge is 2.15. The van der Waals surface area contributed by atoms with Gasteiger partial charge < -0.3 is 5.73 Å². The molecule has 0 fully saturated rings. The summed E-state index contributed by atoms with van der Waals surface area (Å²) in [6, 6.07) is 2.97. The molecule has 0 aliphatic carbocycles. The first-order chi connectivity index (χ1) is 9.53. The summed E-state index contributed by atoms with van der Waals surface area (Å²) < 4.78 is 50.6. The molecule has 0 saturated carbocycles. The van der Waals surface area contributed by atoms with Crippen LogP contribution >= 0.6 is 0 Å². The van der Waals surface area contributed by atoms with Crippen molar-refractivity contribution >= 4 is 25.7 Å². The second-order valence-electron chi connectivity index (χ2n) is 4.87. The number of anilines is 1. The molecule has 0 spiro atoms. The Bertz CT molecular complexity index is 689. The average Bonchev–Trinajstić information content (AvgIpc) is 2.33. The van der Waals surface area contributed by atoms with E-state index in [4.69, 9.17) is 5.73 Å². The Labute approximate surface area is 126 Å². The van der Waals surface area contributed by atoms with Crippen LogP contribution in [0.4, 0.5) is 5.69 Å². The van der Waals surface area contributed by atoms with Gasteiger partial charge in [-0.3, -0.25) is 0 Å². The minimum Gasteiger partial charge on any atom is -0.398 e. The maximum absolute atomic E-state index is 12.1. The highest BCUT2D eigenvalue weighted by atomic mass is 32.2. The number of benzene rings is 1. The van der Waals surface area contributed by atoms with Crippen LogP contribution < -0.4 is 15.2 Å². The number of nitrogens with one attached hydrogen (secondary N) is 2. The van der Waals surface area contributed by atoms with E-state index in [1.807, 2.05) is 6.92 Å². The van der Waals surface area contributed by atoms with Gasteiger partial charge in [-0.2, -0.15) is 0 Å². The van der Waals surface area contributed by atoms with Gasteiger partial charge in [0.25, 0.3) is 0 Å². The molecule has 0 atom stereocenters. The smallest absolute Gasteiger partial charge is 0.240 e. The first-order valence-corrected chi connectivity index (χ1v) is 9.71. The minimum atomic E-state index is -3.65. The van der Waals surface area contributed by atoms with Crippen molar-refractivity contribution in [2.24, 2.45) is 0 Å². The fourth-order valence-electron chi connectivity index (χ4n) is 1.64. The van der Waals surface area contributed by atoms with Gasteiger partial charge in [0.05, 0.1) is 11.2 Å². The monoisotopic (exact) mass is 335 g/mol. The summed E-state index contributed by atoms with van der Waals surface area (Å²) in [5.74, 6) is 0. The normalized spacial score (nSPS) is 12.5. The van der Waals surface area contributed by atoms with Gasteiger partial charge in [-0.05, 0) is 43.5 Å². The van der Waals surface area contributed by atoms with Crippen LogP contribution in [0.2, 0.25) is 0 Å². The Morgan fingerprint density at radius 1 is 1.05 bits per heavy atom. The largest absolute Gasteiger partial charge is 0.398 e. The van der Waals surface area contributed by atoms with Crippen LogP contribution in [0.5, 0.6) is 0 Å². The fourth-order valence-corrected chi connectivity index (χ4v) is 3.35. The number of hydrogen-bond donors (Lipinski definition) is 3. The summed E-state index contributed by atoms with van der Waals surface area (Å²) >= 11 is 0. The molecule has 0 heterocycles. The van der Waals surface area contributed by atoms with Crippen molar-refractivity contribution in [1.82, 2.24) is 9.44 Å². The maximum atomic E-state index is 12.1. The SMILES string of the molecule is Cc1cc(S(=O)(=O)NCCCNS(C)(=O)=O)cc(N)c1C. The molecule has 0 amide bonds. The lowest BCUT2D eigenvalue weighted by molar-refractivity contribution is 0.575. The molecule has 120 valence electrons. The van der Waals surface area contributed by atoms with E-state index >= 15 is 0 Å². The Kier molecular flexibility index (Phi) is 5.74. The van der Waals surface area contributed by atoms with E-state index in [1.165, 1.54) is 6.07 Å². The average molecular weight is 335 g/mol. The highest BCUT2D eigenvalue weighted by molar-refractivity contribution is 7.89. The molecule has 1 aromatic rings. The van der Waals surface area contributed by atoms with E-state index in [-0.39, 0.29) is 18.0 Å². The zero-order chi connectivity index (χ0) is 16.3. The molecule has 0 bridgehead atoms. The Morgan fingerprint density at radius 2 is 1.62 bits per heavy atom. The van der Waals surface area contributed by atoms with E-state index < -0.39 is 20.0 Å². The van der Waals surface area contributed by atoms with Gasteiger partial charge in [-0.15, -0.1) is 0 Å². The van der Waals surface area contributed by atoms with Crippen LogP contribution in [-0.2, 0) is 20.0 Å². The van der Waals surface area contributed by atoms with Gasteiger partial charge in [0.15, 0.2) is 0 Å². The lowest BCUT2D eigenvalue weighted by Gasteiger charge is -2.11. The molecule has 0 unspecified atom stereocenters. The summed E-state index contributed by atoms with van der Waals surface area (Å²) in [5, 5.41) is 0. The first kappa shape index (κ1) is 17.9. The number of rotatable bonds is 7. The van der Waals surface area contributed by atoms with Gasteiger partial charge in [-0.1, -0.05) is 0 Å². The molecule has 7 nitrogen and oxygen atoms in total. The van der Waals surface area contributed by atoms with Gasteiger partial charge in [0, 0.05) is 18.8 Å². The number of nitrogen functional groups attached to an aromatic ring is 1. The zero-order valence-electron chi connectivity index (χ0n) is 12.3. The molecule has 4 N–H and O–H groups in total. The summed E-state index contributed by atoms with van der Waals surface area (Å²) in [7, 11) is -6.90. The summed E-state index contributed by atoms with van der Waals surface area (Å²) in [5.41, 5.74) is 7.85. The molecule has 1 aromatic carbocycles. The topological polar surface area (TPSA) is 118 Å². The Morgan fingerprint density at radius 3 is 2.14 bits per heavy atom. The van der Waals surface area contributed by atoms with Crippen molar-refractivity contribution in [3.63, 3.8) is 0 Å². The second kappa shape index (κ2) is 6.73. The van der Waals surface area contributed by atoms with E-state index in [0.717, 1.165) is 17.4 Å². The quantitative estimate of drug-likeness (QED) is 0.482. The van der Waals surface area contributed by atoms with E-state index in [1.54, 1.807) is 13.0 Å². The molecule has 0 aliphatic heterocycles. The van der Waals surface area contributed by atoms with Crippen LogP contribution in [-0.4, -0.2) is 36.2 Å². The third-order valence-corrected chi connectivity index (χ3v) is 5.17. The van der Waals surface area contributed by atoms with Crippen molar-refractivity contribution in [2.45, 2.75) is 25.2 Å². The Balaban J connectivity index is 2.66. The minimum absolute atomic E-state index is 0.110. The van der Waals surface area contributed by atoms with Crippen LogP contribution in [0.1, 0.15) is 17.5 Å². The van der Waals surface area contributed by atoms with Gasteiger partial charge in [0.1, 0.15) is 0 Å². The molecule has 21 heavy (non-hydrogen) atoms. The van der Waals surface area contributed by atoms with Crippen molar-refractivity contribution < 1.29 is 16.8 Å². The lowest BCUT2D eigenvalue weighted by Crippen LogP contribution is -2.29. The molecule has 0 radical (unpaired) electrons.